The van der Waals surface area contributed by atoms with Gasteiger partial charge in [-0.15, -0.1) is 0 Å². The lowest BCUT2D eigenvalue weighted by Crippen LogP contribution is -2.49. The van der Waals surface area contributed by atoms with Crippen molar-refractivity contribution in [1.29, 1.82) is 0 Å². The van der Waals surface area contributed by atoms with Crippen LogP contribution in [0.5, 0.6) is 0 Å². The molecular formula is C43H64N6O2. The molecule has 1 aromatic carbocycles. The Kier molecular flexibility index (Phi) is 14.7. The van der Waals surface area contributed by atoms with Crippen LogP contribution in [0.3, 0.4) is 0 Å². The maximum absolute atomic E-state index is 13.4. The van der Waals surface area contributed by atoms with E-state index < -0.39 is 0 Å². The number of piperazine rings is 1. The first-order chi connectivity index (χ1) is 24.8. The lowest BCUT2D eigenvalue weighted by molar-refractivity contribution is 0.0612. The van der Waals surface area contributed by atoms with Crippen LogP contribution in [0.2, 0.25) is 0 Å². The van der Waals surface area contributed by atoms with Gasteiger partial charge in [0.05, 0.1) is 6.61 Å². The number of aromatic nitrogens is 1. The van der Waals surface area contributed by atoms with Crippen molar-refractivity contribution in [2.24, 2.45) is 5.92 Å². The lowest BCUT2D eigenvalue weighted by Gasteiger charge is -2.37. The molecule has 4 heterocycles. The summed E-state index contributed by atoms with van der Waals surface area (Å²) in [5.74, 6) is 1.50. The van der Waals surface area contributed by atoms with E-state index in [1.54, 1.807) is 7.11 Å². The number of piperidine rings is 1. The Balaban J connectivity index is 1.11. The highest BCUT2D eigenvalue weighted by Crippen LogP contribution is 2.31. The molecule has 8 nitrogen and oxygen atoms in total. The predicted molar refractivity (Wildman–Crippen MR) is 212 cm³/mol. The number of allylic oxidation sites excluding steroid dienone is 1. The number of benzene rings is 1. The van der Waals surface area contributed by atoms with E-state index in [4.69, 9.17) is 4.74 Å². The Hall–Kier alpha value is -3.46. The third kappa shape index (κ3) is 10.6. The van der Waals surface area contributed by atoms with E-state index in [0.717, 1.165) is 99.2 Å². The number of likely N-dealkylation sites (tertiary alicyclic amines) is 1. The van der Waals surface area contributed by atoms with Gasteiger partial charge in [-0.1, -0.05) is 50.5 Å². The molecule has 51 heavy (non-hydrogen) atoms. The molecule has 2 fully saturated rings. The van der Waals surface area contributed by atoms with Crippen LogP contribution in [-0.2, 0) is 4.74 Å². The van der Waals surface area contributed by atoms with Crippen molar-refractivity contribution < 1.29 is 9.53 Å². The second-order valence-electron chi connectivity index (χ2n) is 15.0. The zero-order chi connectivity index (χ0) is 36.2. The minimum absolute atomic E-state index is 0.184. The quantitative estimate of drug-likeness (QED) is 0.185. The molecule has 2 N–H and O–H groups in total. The minimum atomic E-state index is 0.184. The Labute approximate surface area is 308 Å². The van der Waals surface area contributed by atoms with Gasteiger partial charge in [0.1, 0.15) is 0 Å². The van der Waals surface area contributed by atoms with Crippen LogP contribution in [0.1, 0.15) is 106 Å². The number of pyridine rings is 1. The summed E-state index contributed by atoms with van der Waals surface area (Å²) in [7, 11) is 1.75. The summed E-state index contributed by atoms with van der Waals surface area (Å²) in [6.45, 7) is 19.8. The number of carbonyl (C=O) groups excluding carboxylic acids is 1. The van der Waals surface area contributed by atoms with Gasteiger partial charge in [0.2, 0.25) is 0 Å². The van der Waals surface area contributed by atoms with Crippen molar-refractivity contribution in [2.45, 2.75) is 91.5 Å². The molecule has 278 valence electrons. The predicted octanol–water partition coefficient (Wildman–Crippen LogP) is 7.86. The largest absolute Gasteiger partial charge is 0.385 e. The summed E-state index contributed by atoms with van der Waals surface area (Å²) in [6.07, 6.45) is 16.7. The highest BCUT2D eigenvalue weighted by atomic mass is 16.5. The van der Waals surface area contributed by atoms with Crippen molar-refractivity contribution >= 4 is 17.7 Å². The number of aryl methyl sites for hydroxylation is 1. The van der Waals surface area contributed by atoms with Crippen molar-refractivity contribution in [3.63, 3.8) is 0 Å². The summed E-state index contributed by atoms with van der Waals surface area (Å²) in [5, 5.41) is 6.97. The van der Waals surface area contributed by atoms with E-state index in [2.05, 4.69) is 107 Å². The van der Waals surface area contributed by atoms with Crippen molar-refractivity contribution in [1.82, 2.24) is 25.0 Å². The molecule has 0 radical (unpaired) electrons. The molecule has 0 spiro atoms. The number of hydrogen-bond acceptors (Lipinski definition) is 7. The first-order valence-electron chi connectivity index (χ1n) is 19.7. The Morgan fingerprint density at radius 2 is 1.75 bits per heavy atom. The van der Waals surface area contributed by atoms with Crippen LogP contribution in [0.4, 0.5) is 5.69 Å². The van der Waals surface area contributed by atoms with Crippen LogP contribution in [0, 0.1) is 12.8 Å². The zero-order valence-electron chi connectivity index (χ0n) is 32.3. The second-order valence-corrected chi connectivity index (χ2v) is 15.0. The van der Waals surface area contributed by atoms with E-state index in [-0.39, 0.29) is 5.91 Å². The Morgan fingerprint density at radius 3 is 2.41 bits per heavy atom. The molecule has 5 rings (SSSR count). The first kappa shape index (κ1) is 38.8. The van der Waals surface area contributed by atoms with Gasteiger partial charge < -0.3 is 20.3 Å². The number of rotatable bonds is 16. The number of methoxy groups -OCH3 is 1. The molecule has 3 aliphatic rings. The average molecular weight is 697 g/mol. The first-order valence-corrected chi connectivity index (χ1v) is 19.7. The standard InChI is InChI=1S/C43H64N6O2/c1-7-9-35(10-8-2)30-47-25-27-49(28-26-47)43(50)38-13-11-36(12-14-38)37-18-23-48(24-19-37)34(5)32(3)29-40-33(4)44-21-17-42(40)46-22-16-41-39(31-51-6)15-20-45-41/h11-14,16-17,21-22,29,34-35,37,45H,7-10,15,18-20,23-28,30-31H2,1-6H3,(H,44,46)/b22-16-,32-29+. The molecule has 8 heteroatoms. The Morgan fingerprint density at radius 1 is 1.04 bits per heavy atom. The molecule has 1 unspecified atom stereocenters. The van der Waals surface area contributed by atoms with Gasteiger partial charge in [-0.05, 0) is 113 Å². The minimum Gasteiger partial charge on any atom is -0.385 e. The monoisotopic (exact) mass is 697 g/mol. The number of carbonyl (C=O) groups is 1. The molecule has 2 aromatic rings. The summed E-state index contributed by atoms with van der Waals surface area (Å²) in [5.41, 5.74) is 9.19. The number of anilines is 1. The fraction of sp³-hybridized carbons (Fsp3) is 0.581. The maximum Gasteiger partial charge on any atom is 0.253 e. The molecule has 0 saturated carbocycles. The SMILES string of the molecule is CCCC(CCC)CN1CCN(C(=O)c2ccc(C3CCN(C(C)/C(C)=C/c4c(N/C=C\C5=C(COC)CCN5)ccnc4C)CC3)cc2)CC1. The maximum atomic E-state index is 13.4. The fourth-order valence-corrected chi connectivity index (χ4v) is 8.19. The van der Waals surface area contributed by atoms with Gasteiger partial charge in [0.15, 0.2) is 0 Å². The van der Waals surface area contributed by atoms with Crippen LogP contribution in [0.25, 0.3) is 6.08 Å². The summed E-state index contributed by atoms with van der Waals surface area (Å²) < 4.78 is 5.36. The third-order valence-electron chi connectivity index (χ3n) is 11.4. The van der Waals surface area contributed by atoms with E-state index in [1.807, 2.05) is 12.4 Å². The van der Waals surface area contributed by atoms with Gasteiger partial charge in [0, 0.05) is 93.0 Å². The van der Waals surface area contributed by atoms with Crippen molar-refractivity contribution in [2.75, 3.05) is 71.4 Å². The number of nitrogens with zero attached hydrogens (tertiary/aromatic N) is 4. The average Bonchev–Trinajstić information content (AvgIpc) is 3.59. The van der Waals surface area contributed by atoms with E-state index in [9.17, 15) is 4.79 Å². The summed E-state index contributed by atoms with van der Waals surface area (Å²) in [4.78, 5) is 25.3. The highest BCUT2D eigenvalue weighted by molar-refractivity contribution is 5.94. The molecule has 0 aliphatic carbocycles. The topological polar surface area (TPSA) is 73.0 Å². The van der Waals surface area contributed by atoms with Gasteiger partial charge in [0.25, 0.3) is 5.91 Å². The van der Waals surface area contributed by atoms with E-state index >= 15 is 0 Å². The number of ether oxygens (including phenoxy) is 1. The summed E-state index contributed by atoms with van der Waals surface area (Å²) >= 11 is 0. The van der Waals surface area contributed by atoms with Gasteiger partial charge in [-0.2, -0.15) is 0 Å². The summed E-state index contributed by atoms with van der Waals surface area (Å²) in [6, 6.07) is 11.0. The number of nitrogens with one attached hydrogen (secondary N) is 2. The molecule has 2 saturated heterocycles. The number of amides is 1. The Bertz CT molecular complexity index is 1490. The lowest BCUT2D eigenvalue weighted by atomic mass is 9.88. The van der Waals surface area contributed by atoms with Crippen LogP contribution < -0.4 is 10.6 Å². The van der Waals surface area contributed by atoms with Crippen molar-refractivity contribution in [3.05, 3.63) is 88.0 Å². The molecule has 1 amide bonds. The van der Waals surface area contributed by atoms with E-state index in [1.165, 1.54) is 48.9 Å². The van der Waals surface area contributed by atoms with Crippen LogP contribution in [0.15, 0.2) is 65.6 Å². The normalized spacial score (nSPS) is 19.0. The molecular weight excluding hydrogens is 633 g/mol. The fourth-order valence-electron chi connectivity index (χ4n) is 8.19. The van der Waals surface area contributed by atoms with Gasteiger partial charge in [-0.25, -0.2) is 0 Å². The van der Waals surface area contributed by atoms with Crippen LogP contribution >= 0.6 is 0 Å². The van der Waals surface area contributed by atoms with Gasteiger partial charge in [-0.3, -0.25) is 19.6 Å². The highest BCUT2D eigenvalue weighted by Gasteiger charge is 2.27. The molecule has 1 atom stereocenters. The van der Waals surface area contributed by atoms with Crippen molar-refractivity contribution in [3.8, 4) is 0 Å². The molecule has 3 aliphatic heterocycles. The van der Waals surface area contributed by atoms with Gasteiger partial charge >= 0.3 is 0 Å². The smallest absolute Gasteiger partial charge is 0.253 e. The zero-order valence-corrected chi connectivity index (χ0v) is 32.3. The third-order valence-corrected chi connectivity index (χ3v) is 11.4. The molecule has 1 aromatic heterocycles. The molecule has 0 bridgehead atoms. The number of hydrogen-bond donors (Lipinski definition) is 2. The van der Waals surface area contributed by atoms with Crippen LogP contribution in [-0.4, -0.2) is 97.7 Å². The van der Waals surface area contributed by atoms with E-state index in [0.29, 0.717) is 18.6 Å². The second kappa shape index (κ2) is 19.4.